The van der Waals surface area contributed by atoms with Gasteiger partial charge in [-0.2, -0.15) is 0 Å². The molecule has 17 heavy (non-hydrogen) atoms. The molecule has 1 aromatic carbocycles. The summed E-state index contributed by atoms with van der Waals surface area (Å²) in [4.78, 5) is 11.4. The number of rotatable bonds is 4. The van der Waals surface area contributed by atoms with E-state index >= 15 is 0 Å². The van der Waals surface area contributed by atoms with Crippen LogP contribution >= 0.6 is 0 Å². The summed E-state index contributed by atoms with van der Waals surface area (Å²) in [6, 6.07) is 4.31. The van der Waals surface area contributed by atoms with E-state index in [1.807, 2.05) is 6.92 Å². The van der Waals surface area contributed by atoms with Gasteiger partial charge in [-0.1, -0.05) is 6.07 Å². The summed E-state index contributed by atoms with van der Waals surface area (Å²) in [5, 5.41) is 0. The highest BCUT2D eigenvalue weighted by molar-refractivity contribution is 5.75. The van der Waals surface area contributed by atoms with Gasteiger partial charge in [0.2, 0.25) is 0 Å². The average molecular weight is 240 g/mol. The molecule has 4 heteroatoms. The van der Waals surface area contributed by atoms with E-state index in [9.17, 15) is 9.18 Å². The van der Waals surface area contributed by atoms with Crippen LogP contribution in [0.25, 0.3) is 0 Å². The van der Waals surface area contributed by atoms with Crippen molar-refractivity contribution in [2.45, 2.75) is 20.8 Å². The zero-order valence-corrected chi connectivity index (χ0v) is 10.5. The number of carbonyl (C=O) groups is 1. The van der Waals surface area contributed by atoms with Crippen molar-refractivity contribution in [3.05, 3.63) is 29.6 Å². The maximum atomic E-state index is 13.0. The Bertz CT molecular complexity index is 413. The predicted molar refractivity (Wildman–Crippen MR) is 62.4 cm³/mol. The van der Waals surface area contributed by atoms with Crippen LogP contribution in [0.15, 0.2) is 18.2 Å². The first-order valence-electron chi connectivity index (χ1n) is 5.34. The van der Waals surface area contributed by atoms with Gasteiger partial charge < -0.3 is 9.47 Å². The Kier molecular flexibility index (Phi) is 4.10. The van der Waals surface area contributed by atoms with Gasteiger partial charge in [-0.15, -0.1) is 0 Å². The third kappa shape index (κ3) is 3.44. The molecule has 1 aromatic rings. The normalized spacial score (nSPS) is 11.1. The summed E-state index contributed by atoms with van der Waals surface area (Å²) < 4.78 is 23.1. The van der Waals surface area contributed by atoms with Crippen molar-refractivity contribution in [3.8, 4) is 5.75 Å². The van der Waals surface area contributed by atoms with Gasteiger partial charge in [0, 0.05) is 6.07 Å². The molecular weight excluding hydrogens is 223 g/mol. The summed E-state index contributed by atoms with van der Waals surface area (Å²) in [6.45, 7) is 5.39. The first-order chi connectivity index (χ1) is 7.86. The van der Waals surface area contributed by atoms with E-state index in [2.05, 4.69) is 4.74 Å². The minimum absolute atomic E-state index is 0.143. The number of benzene rings is 1. The molecule has 3 nitrogen and oxygen atoms in total. The fraction of sp³-hybridized carbons (Fsp3) is 0.462. The molecular formula is C13H17FO3. The largest absolute Gasteiger partial charge is 0.492 e. The lowest BCUT2D eigenvalue weighted by Crippen LogP contribution is -2.32. The van der Waals surface area contributed by atoms with E-state index in [-0.39, 0.29) is 18.4 Å². The van der Waals surface area contributed by atoms with E-state index in [1.54, 1.807) is 19.9 Å². The first-order valence-corrected chi connectivity index (χ1v) is 5.34. The fourth-order valence-corrected chi connectivity index (χ4v) is 1.32. The number of hydrogen-bond donors (Lipinski definition) is 0. The molecule has 0 aliphatic heterocycles. The molecule has 0 N–H and O–H groups in total. The summed E-state index contributed by atoms with van der Waals surface area (Å²) in [6.07, 6.45) is 0. The summed E-state index contributed by atoms with van der Waals surface area (Å²) in [5.41, 5.74) is 0.0695. The average Bonchev–Trinajstić information content (AvgIpc) is 2.29. The van der Waals surface area contributed by atoms with Crippen LogP contribution < -0.4 is 4.74 Å². The van der Waals surface area contributed by atoms with Crippen molar-refractivity contribution >= 4 is 5.97 Å². The third-order valence-electron chi connectivity index (χ3n) is 2.48. The lowest BCUT2D eigenvalue weighted by molar-refractivity contribution is -0.152. The van der Waals surface area contributed by atoms with Crippen LogP contribution in [0, 0.1) is 18.2 Å². The molecule has 0 aromatic heterocycles. The Morgan fingerprint density at radius 1 is 1.41 bits per heavy atom. The standard InChI is InChI=1S/C13H17FO3/c1-9-5-6-10(14)7-11(9)17-8-13(2,3)12(15)16-4/h5-7H,8H2,1-4H3. The fourth-order valence-electron chi connectivity index (χ4n) is 1.32. The van der Waals surface area contributed by atoms with Crippen LogP contribution in [0.5, 0.6) is 5.75 Å². The van der Waals surface area contributed by atoms with Gasteiger partial charge in [0.05, 0.1) is 12.5 Å². The van der Waals surface area contributed by atoms with Gasteiger partial charge in [-0.05, 0) is 32.4 Å². The highest BCUT2D eigenvalue weighted by atomic mass is 19.1. The lowest BCUT2D eigenvalue weighted by atomic mass is 9.95. The summed E-state index contributed by atoms with van der Waals surface area (Å²) in [5.74, 6) is -0.269. The van der Waals surface area contributed by atoms with Gasteiger partial charge in [0.1, 0.15) is 18.2 Å². The van der Waals surface area contributed by atoms with E-state index in [0.29, 0.717) is 5.75 Å². The molecule has 1 rings (SSSR count). The number of methoxy groups -OCH3 is 1. The van der Waals surface area contributed by atoms with E-state index in [0.717, 1.165) is 5.56 Å². The van der Waals surface area contributed by atoms with Crippen LogP contribution in [0.2, 0.25) is 0 Å². The minimum atomic E-state index is -0.756. The van der Waals surface area contributed by atoms with Crippen LogP contribution in [0.1, 0.15) is 19.4 Å². The molecule has 0 aliphatic carbocycles. The van der Waals surface area contributed by atoms with E-state index in [1.165, 1.54) is 19.2 Å². The van der Waals surface area contributed by atoms with Crippen molar-refractivity contribution in [3.63, 3.8) is 0 Å². The van der Waals surface area contributed by atoms with Gasteiger partial charge in [0.15, 0.2) is 0 Å². The first kappa shape index (κ1) is 13.5. The number of esters is 1. The third-order valence-corrected chi connectivity index (χ3v) is 2.48. The Labute approximate surface area is 101 Å². The quantitative estimate of drug-likeness (QED) is 0.759. The van der Waals surface area contributed by atoms with Gasteiger partial charge >= 0.3 is 5.97 Å². The number of hydrogen-bond acceptors (Lipinski definition) is 3. The van der Waals surface area contributed by atoms with Crippen molar-refractivity contribution in [1.82, 2.24) is 0 Å². The second-order valence-corrected chi connectivity index (χ2v) is 4.57. The Hall–Kier alpha value is -1.58. The van der Waals surface area contributed by atoms with Crippen LogP contribution in [0.4, 0.5) is 4.39 Å². The van der Waals surface area contributed by atoms with Crippen LogP contribution in [-0.2, 0) is 9.53 Å². The molecule has 0 atom stereocenters. The Balaban J connectivity index is 2.73. The Morgan fingerprint density at radius 2 is 2.06 bits per heavy atom. The topological polar surface area (TPSA) is 35.5 Å². The Morgan fingerprint density at radius 3 is 2.65 bits per heavy atom. The zero-order chi connectivity index (χ0) is 13.1. The smallest absolute Gasteiger partial charge is 0.314 e. The number of halogens is 1. The predicted octanol–water partition coefficient (Wildman–Crippen LogP) is 2.71. The lowest BCUT2D eigenvalue weighted by Gasteiger charge is -2.22. The highest BCUT2D eigenvalue weighted by Crippen LogP contribution is 2.23. The van der Waals surface area contributed by atoms with Gasteiger partial charge in [-0.25, -0.2) is 4.39 Å². The maximum Gasteiger partial charge on any atom is 0.314 e. The van der Waals surface area contributed by atoms with Crippen molar-refractivity contribution in [2.24, 2.45) is 5.41 Å². The van der Waals surface area contributed by atoms with Crippen molar-refractivity contribution in [2.75, 3.05) is 13.7 Å². The monoisotopic (exact) mass is 240 g/mol. The van der Waals surface area contributed by atoms with E-state index in [4.69, 9.17) is 4.74 Å². The number of carbonyl (C=O) groups excluding carboxylic acids is 1. The molecule has 0 bridgehead atoms. The molecule has 0 unspecified atom stereocenters. The minimum Gasteiger partial charge on any atom is -0.492 e. The van der Waals surface area contributed by atoms with Crippen LogP contribution in [-0.4, -0.2) is 19.7 Å². The highest BCUT2D eigenvalue weighted by Gasteiger charge is 2.29. The maximum absolute atomic E-state index is 13.0. The van der Waals surface area contributed by atoms with Crippen LogP contribution in [0.3, 0.4) is 0 Å². The summed E-state index contributed by atoms with van der Waals surface area (Å²) >= 11 is 0. The van der Waals surface area contributed by atoms with Gasteiger partial charge in [-0.3, -0.25) is 4.79 Å². The molecule has 0 radical (unpaired) electrons. The van der Waals surface area contributed by atoms with Crippen molar-refractivity contribution in [1.29, 1.82) is 0 Å². The van der Waals surface area contributed by atoms with Crippen molar-refractivity contribution < 1.29 is 18.7 Å². The molecule has 0 heterocycles. The summed E-state index contributed by atoms with van der Waals surface area (Å²) in [7, 11) is 1.33. The molecule has 0 saturated carbocycles. The van der Waals surface area contributed by atoms with Gasteiger partial charge in [0.25, 0.3) is 0 Å². The second kappa shape index (κ2) is 5.17. The second-order valence-electron chi connectivity index (χ2n) is 4.57. The van der Waals surface area contributed by atoms with E-state index < -0.39 is 5.41 Å². The molecule has 0 fully saturated rings. The molecule has 0 aliphatic rings. The number of aryl methyl sites for hydroxylation is 1. The molecule has 0 spiro atoms. The molecule has 0 saturated heterocycles. The molecule has 94 valence electrons. The molecule has 0 amide bonds. The zero-order valence-electron chi connectivity index (χ0n) is 10.5. The number of ether oxygens (including phenoxy) is 2. The SMILES string of the molecule is COC(=O)C(C)(C)COc1cc(F)ccc1C.